The molecular formula is C18H31NO4. The Hall–Kier alpha value is -1.62. The van der Waals surface area contributed by atoms with Crippen LogP contribution in [0, 0.1) is 5.41 Å². The van der Waals surface area contributed by atoms with Crippen LogP contribution in [0.2, 0.25) is 0 Å². The maximum Gasteiger partial charge on any atom is 0.323 e. The van der Waals surface area contributed by atoms with Gasteiger partial charge in [-0.25, -0.2) is 0 Å². The third kappa shape index (κ3) is 5.82. The smallest absolute Gasteiger partial charge is 0.323 e. The van der Waals surface area contributed by atoms with Crippen LogP contribution in [0.5, 0.6) is 0 Å². The van der Waals surface area contributed by atoms with Gasteiger partial charge in [0.1, 0.15) is 0 Å². The van der Waals surface area contributed by atoms with Crippen molar-refractivity contribution in [3.05, 3.63) is 23.3 Å². The maximum atomic E-state index is 11.8. The zero-order chi connectivity index (χ0) is 18.2. The molecule has 5 heteroatoms. The third-order valence-corrected chi connectivity index (χ3v) is 4.21. The standard InChI is InChI=1S/C18H31NO4/c1-7-15(19(5)6)18(16(20)21,17(22)23)12-11-14(4)10-8-9-13(2)3/h9,11,15H,7-8,10,12H2,1-6H3,(H,20,21)(H,22,23)/b14-11+. The molecule has 0 amide bonds. The quantitative estimate of drug-likeness (QED) is 0.474. The summed E-state index contributed by atoms with van der Waals surface area (Å²) >= 11 is 0. The molecule has 132 valence electrons. The fourth-order valence-corrected chi connectivity index (χ4v) is 2.87. The van der Waals surface area contributed by atoms with Crippen molar-refractivity contribution >= 4 is 11.9 Å². The van der Waals surface area contributed by atoms with E-state index in [0.29, 0.717) is 6.42 Å². The zero-order valence-electron chi connectivity index (χ0n) is 15.2. The summed E-state index contributed by atoms with van der Waals surface area (Å²) in [5.74, 6) is -2.56. The average molecular weight is 325 g/mol. The topological polar surface area (TPSA) is 77.8 Å². The number of hydrogen-bond donors (Lipinski definition) is 2. The Kier molecular flexibility index (Phi) is 8.83. The van der Waals surface area contributed by atoms with Gasteiger partial charge in [-0.1, -0.05) is 30.2 Å². The lowest BCUT2D eigenvalue weighted by atomic mass is 9.75. The Morgan fingerprint density at radius 3 is 1.96 bits per heavy atom. The van der Waals surface area contributed by atoms with Crippen LogP contribution in [0.1, 0.15) is 53.4 Å². The summed E-state index contributed by atoms with van der Waals surface area (Å²) in [4.78, 5) is 25.4. The molecule has 0 fully saturated rings. The van der Waals surface area contributed by atoms with Crippen molar-refractivity contribution in [1.82, 2.24) is 4.90 Å². The van der Waals surface area contributed by atoms with Gasteiger partial charge in [-0.15, -0.1) is 0 Å². The number of rotatable bonds is 10. The van der Waals surface area contributed by atoms with E-state index in [0.717, 1.165) is 18.4 Å². The number of carboxylic acids is 2. The molecule has 0 aliphatic heterocycles. The normalized spacial score (nSPS) is 13.8. The Morgan fingerprint density at radius 2 is 1.61 bits per heavy atom. The summed E-state index contributed by atoms with van der Waals surface area (Å²) in [5.41, 5.74) is 0.431. The molecule has 23 heavy (non-hydrogen) atoms. The number of hydrogen-bond acceptors (Lipinski definition) is 3. The van der Waals surface area contributed by atoms with Gasteiger partial charge in [0.05, 0.1) is 0 Å². The summed E-state index contributed by atoms with van der Waals surface area (Å²) in [6.07, 6.45) is 6.02. The first-order valence-corrected chi connectivity index (χ1v) is 8.01. The van der Waals surface area contributed by atoms with Crippen molar-refractivity contribution in [3.63, 3.8) is 0 Å². The molecule has 0 bridgehead atoms. The number of carbonyl (C=O) groups is 2. The molecule has 1 unspecified atom stereocenters. The summed E-state index contributed by atoms with van der Waals surface area (Å²) in [5, 5.41) is 19.3. The lowest BCUT2D eigenvalue weighted by Crippen LogP contribution is -2.54. The summed E-state index contributed by atoms with van der Waals surface area (Å²) in [6.45, 7) is 7.80. The largest absolute Gasteiger partial charge is 0.480 e. The molecule has 1 atom stereocenters. The number of nitrogens with zero attached hydrogens (tertiary/aromatic N) is 1. The van der Waals surface area contributed by atoms with Gasteiger partial charge < -0.3 is 15.1 Å². The monoisotopic (exact) mass is 325 g/mol. The SMILES string of the molecule is CCC(N(C)C)C(C/C=C(\C)CCC=C(C)C)(C(=O)O)C(=O)O. The molecule has 0 aromatic carbocycles. The second-order valence-electron chi connectivity index (χ2n) is 6.54. The first-order chi connectivity index (χ1) is 10.6. The van der Waals surface area contributed by atoms with Crippen LogP contribution >= 0.6 is 0 Å². The van der Waals surface area contributed by atoms with E-state index in [1.165, 1.54) is 5.57 Å². The number of carboxylic acid groups (broad SMARTS) is 2. The summed E-state index contributed by atoms with van der Waals surface area (Å²) < 4.78 is 0. The average Bonchev–Trinajstić information content (AvgIpc) is 2.41. The lowest BCUT2D eigenvalue weighted by molar-refractivity contribution is -0.169. The van der Waals surface area contributed by atoms with Crippen LogP contribution in [-0.4, -0.2) is 47.2 Å². The highest BCUT2D eigenvalue weighted by Gasteiger charge is 2.52. The second-order valence-corrected chi connectivity index (χ2v) is 6.54. The molecule has 0 aliphatic rings. The lowest BCUT2D eigenvalue weighted by Gasteiger charge is -2.36. The minimum absolute atomic E-state index is 0.00495. The van der Waals surface area contributed by atoms with E-state index in [1.807, 2.05) is 27.7 Å². The molecule has 0 aromatic rings. The predicted octanol–water partition coefficient (Wildman–Crippen LogP) is 3.57. The first kappa shape index (κ1) is 21.4. The van der Waals surface area contributed by atoms with Gasteiger partial charge in [0.2, 0.25) is 0 Å². The van der Waals surface area contributed by atoms with Gasteiger partial charge in [0, 0.05) is 6.04 Å². The van der Waals surface area contributed by atoms with Crippen LogP contribution in [0.25, 0.3) is 0 Å². The van der Waals surface area contributed by atoms with E-state index in [1.54, 1.807) is 25.1 Å². The molecule has 0 saturated carbocycles. The van der Waals surface area contributed by atoms with E-state index in [-0.39, 0.29) is 6.42 Å². The fraction of sp³-hybridized carbons (Fsp3) is 0.667. The number of aliphatic carboxylic acids is 2. The molecule has 2 N–H and O–H groups in total. The zero-order valence-corrected chi connectivity index (χ0v) is 15.2. The second kappa shape index (κ2) is 9.50. The van der Waals surface area contributed by atoms with Crippen LogP contribution in [0.4, 0.5) is 0 Å². The highest BCUT2D eigenvalue weighted by molar-refractivity contribution is 5.99. The summed E-state index contributed by atoms with van der Waals surface area (Å²) in [7, 11) is 3.44. The Balaban J connectivity index is 5.44. The molecule has 0 spiro atoms. The first-order valence-electron chi connectivity index (χ1n) is 8.01. The van der Waals surface area contributed by atoms with Gasteiger partial charge in [0.25, 0.3) is 0 Å². The van der Waals surface area contributed by atoms with Crippen molar-refractivity contribution in [3.8, 4) is 0 Å². The van der Waals surface area contributed by atoms with Crippen molar-refractivity contribution in [2.75, 3.05) is 14.1 Å². The van der Waals surface area contributed by atoms with Crippen molar-refractivity contribution in [1.29, 1.82) is 0 Å². The van der Waals surface area contributed by atoms with Crippen LogP contribution in [0.15, 0.2) is 23.3 Å². The Morgan fingerprint density at radius 1 is 1.09 bits per heavy atom. The Labute approximate surface area is 139 Å². The van der Waals surface area contributed by atoms with Crippen LogP contribution in [-0.2, 0) is 9.59 Å². The van der Waals surface area contributed by atoms with Gasteiger partial charge >= 0.3 is 11.9 Å². The minimum Gasteiger partial charge on any atom is -0.480 e. The highest BCUT2D eigenvalue weighted by Crippen LogP contribution is 2.34. The van der Waals surface area contributed by atoms with E-state index in [2.05, 4.69) is 6.08 Å². The Bertz CT molecular complexity index is 459. The minimum atomic E-state index is -1.82. The molecule has 0 aromatic heterocycles. The summed E-state index contributed by atoms with van der Waals surface area (Å²) in [6, 6.07) is -0.570. The molecule has 0 radical (unpaired) electrons. The highest BCUT2D eigenvalue weighted by atomic mass is 16.4. The molecular weight excluding hydrogens is 294 g/mol. The van der Waals surface area contributed by atoms with Gasteiger partial charge in [-0.2, -0.15) is 0 Å². The van der Waals surface area contributed by atoms with Gasteiger partial charge in [0.15, 0.2) is 5.41 Å². The number of allylic oxidation sites excluding steroid dienone is 4. The predicted molar refractivity (Wildman–Crippen MR) is 92.5 cm³/mol. The van der Waals surface area contributed by atoms with E-state index in [4.69, 9.17) is 0 Å². The fourth-order valence-electron chi connectivity index (χ4n) is 2.87. The third-order valence-electron chi connectivity index (χ3n) is 4.21. The molecule has 0 saturated heterocycles. The van der Waals surface area contributed by atoms with Crippen LogP contribution in [0.3, 0.4) is 0 Å². The van der Waals surface area contributed by atoms with Crippen molar-refractivity contribution < 1.29 is 19.8 Å². The van der Waals surface area contributed by atoms with Crippen molar-refractivity contribution in [2.24, 2.45) is 5.41 Å². The molecule has 5 nitrogen and oxygen atoms in total. The maximum absolute atomic E-state index is 11.8. The molecule has 0 rings (SSSR count). The van der Waals surface area contributed by atoms with Gasteiger partial charge in [-0.05, 0) is 60.5 Å². The van der Waals surface area contributed by atoms with E-state index in [9.17, 15) is 19.8 Å². The van der Waals surface area contributed by atoms with Gasteiger partial charge in [-0.3, -0.25) is 9.59 Å². The molecule has 0 aliphatic carbocycles. The van der Waals surface area contributed by atoms with Crippen LogP contribution < -0.4 is 0 Å². The molecule has 0 heterocycles. The van der Waals surface area contributed by atoms with E-state index >= 15 is 0 Å². The van der Waals surface area contributed by atoms with Crippen molar-refractivity contribution in [2.45, 2.75) is 59.4 Å². The van der Waals surface area contributed by atoms with E-state index < -0.39 is 23.4 Å².